The fourth-order valence-electron chi connectivity index (χ4n) is 2.10. The van der Waals surface area contributed by atoms with Gasteiger partial charge in [-0.25, -0.2) is 9.97 Å². The van der Waals surface area contributed by atoms with Crippen LogP contribution in [0, 0.1) is 17.0 Å². The molecule has 0 bridgehead atoms. The first-order valence-corrected chi connectivity index (χ1v) is 7.78. The standard InChI is InChI=1S/C15H12N4O4S/c1-9-6-10(19(21)22)2-3-12(9)18-13(20)7-23-14-11-4-5-24-15(11)17-8-16-14/h2-6,8H,7H2,1H3,(H,18,20). The van der Waals surface area contributed by atoms with Crippen LogP contribution in [0.3, 0.4) is 0 Å². The first-order valence-electron chi connectivity index (χ1n) is 6.90. The molecule has 0 fully saturated rings. The number of nitro groups is 1. The maximum atomic E-state index is 12.0. The van der Waals surface area contributed by atoms with Gasteiger partial charge in [0, 0.05) is 17.8 Å². The van der Waals surface area contributed by atoms with Crippen LogP contribution in [0.1, 0.15) is 5.56 Å². The highest BCUT2D eigenvalue weighted by Gasteiger charge is 2.12. The average Bonchev–Trinajstić information content (AvgIpc) is 3.03. The lowest BCUT2D eigenvalue weighted by molar-refractivity contribution is -0.384. The number of rotatable bonds is 5. The van der Waals surface area contributed by atoms with Crippen LogP contribution in [-0.2, 0) is 4.79 Å². The summed E-state index contributed by atoms with van der Waals surface area (Å²) in [6, 6.07) is 6.05. The summed E-state index contributed by atoms with van der Waals surface area (Å²) in [6.45, 7) is 1.46. The molecule has 3 aromatic rings. The summed E-state index contributed by atoms with van der Waals surface area (Å²) >= 11 is 1.46. The fraction of sp³-hybridized carbons (Fsp3) is 0.133. The van der Waals surface area contributed by atoms with Crippen molar-refractivity contribution in [1.82, 2.24) is 9.97 Å². The molecule has 0 saturated heterocycles. The lowest BCUT2D eigenvalue weighted by Gasteiger charge is -2.09. The number of nitrogens with zero attached hydrogens (tertiary/aromatic N) is 3. The number of non-ortho nitro benzene ring substituents is 1. The third-order valence-corrected chi connectivity index (χ3v) is 4.08. The number of carbonyl (C=O) groups is 1. The van der Waals surface area contributed by atoms with Crippen molar-refractivity contribution in [3.8, 4) is 5.88 Å². The molecule has 0 radical (unpaired) electrons. The number of benzene rings is 1. The number of hydrogen-bond donors (Lipinski definition) is 1. The number of amides is 1. The summed E-state index contributed by atoms with van der Waals surface area (Å²) in [5.74, 6) is -0.0363. The van der Waals surface area contributed by atoms with Crippen LogP contribution in [0.5, 0.6) is 5.88 Å². The quantitative estimate of drug-likeness (QED) is 0.563. The van der Waals surface area contributed by atoms with Crippen LogP contribution in [0.2, 0.25) is 0 Å². The van der Waals surface area contributed by atoms with Crippen molar-refractivity contribution in [3.05, 3.63) is 51.7 Å². The van der Waals surface area contributed by atoms with Crippen molar-refractivity contribution in [2.45, 2.75) is 6.92 Å². The Morgan fingerprint density at radius 2 is 2.21 bits per heavy atom. The predicted molar refractivity (Wildman–Crippen MR) is 89.4 cm³/mol. The summed E-state index contributed by atoms with van der Waals surface area (Å²) in [5.41, 5.74) is 1.07. The van der Waals surface area contributed by atoms with E-state index in [1.54, 1.807) is 6.92 Å². The minimum Gasteiger partial charge on any atom is -0.467 e. The van der Waals surface area contributed by atoms with Gasteiger partial charge in [-0.1, -0.05) is 0 Å². The first kappa shape index (κ1) is 15.8. The number of carbonyl (C=O) groups excluding carboxylic acids is 1. The van der Waals surface area contributed by atoms with E-state index in [4.69, 9.17) is 4.74 Å². The summed E-state index contributed by atoms with van der Waals surface area (Å²) in [6.07, 6.45) is 1.38. The molecule has 24 heavy (non-hydrogen) atoms. The van der Waals surface area contributed by atoms with Crippen LogP contribution in [0.15, 0.2) is 36.0 Å². The van der Waals surface area contributed by atoms with Gasteiger partial charge in [0.1, 0.15) is 11.2 Å². The molecule has 1 N–H and O–H groups in total. The highest BCUT2D eigenvalue weighted by Crippen LogP contribution is 2.25. The van der Waals surface area contributed by atoms with Gasteiger partial charge in [-0.3, -0.25) is 14.9 Å². The first-order chi connectivity index (χ1) is 11.5. The molecule has 0 unspecified atom stereocenters. The molecular weight excluding hydrogens is 332 g/mol. The molecule has 3 rings (SSSR count). The monoisotopic (exact) mass is 344 g/mol. The number of nitrogens with one attached hydrogen (secondary N) is 1. The molecule has 1 aromatic carbocycles. The lowest BCUT2D eigenvalue weighted by Crippen LogP contribution is -2.21. The second-order valence-electron chi connectivity index (χ2n) is 4.91. The van der Waals surface area contributed by atoms with Gasteiger partial charge in [-0.15, -0.1) is 11.3 Å². The van der Waals surface area contributed by atoms with Gasteiger partial charge >= 0.3 is 0 Å². The van der Waals surface area contributed by atoms with Crippen LogP contribution in [0.4, 0.5) is 11.4 Å². The number of thiophene rings is 1. The summed E-state index contributed by atoms with van der Waals surface area (Å²) in [7, 11) is 0. The van der Waals surface area contributed by atoms with Gasteiger partial charge in [0.05, 0.1) is 10.3 Å². The fourth-order valence-corrected chi connectivity index (χ4v) is 2.83. The SMILES string of the molecule is Cc1cc([N+](=O)[O-])ccc1NC(=O)COc1ncnc2sccc12. The van der Waals surface area contributed by atoms with E-state index >= 15 is 0 Å². The third-order valence-electron chi connectivity index (χ3n) is 3.26. The Morgan fingerprint density at radius 3 is 2.96 bits per heavy atom. The molecule has 2 heterocycles. The van der Waals surface area contributed by atoms with E-state index in [1.807, 2.05) is 11.4 Å². The molecular formula is C15H12N4O4S. The normalized spacial score (nSPS) is 10.5. The predicted octanol–water partition coefficient (Wildman–Crippen LogP) is 2.93. The van der Waals surface area contributed by atoms with Crippen LogP contribution in [-0.4, -0.2) is 27.4 Å². The van der Waals surface area contributed by atoms with E-state index in [0.717, 1.165) is 10.2 Å². The van der Waals surface area contributed by atoms with Gasteiger partial charge in [-0.2, -0.15) is 0 Å². The maximum absolute atomic E-state index is 12.0. The van der Waals surface area contributed by atoms with Crippen LogP contribution < -0.4 is 10.1 Å². The molecule has 0 saturated carbocycles. The molecule has 0 spiro atoms. The van der Waals surface area contributed by atoms with Gasteiger partial charge < -0.3 is 10.1 Å². The number of anilines is 1. The molecule has 0 aliphatic heterocycles. The van der Waals surface area contributed by atoms with E-state index in [1.165, 1.54) is 35.9 Å². The van der Waals surface area contributed by atoms with E-state index in [2.05, 4.69) is 15.3 Å². The number of ether oxygens (including phenoxy) is 1. The molecule has 0 aliphatic carbocycles. The zero-order valence-electron chi connectivity index (χ0n) is 12.6. The van der Waals surface area contributed by atoms with Gasteiger partial charge in [0.25, 0.3) is 11.6 Å². The molecule has 8 nitrogen and oxygen atoms in total. The molecule has 2 aromatic heterocycles. The van der Waals surface area contributed by atoms with E-state index in [-0.39, 0.29) is 18.2 Å². The smallest absolute Gasteiger partial charge is 0.269 e. The highest BCUT2D eigenvalue weighted by atomic mass is 32.1. The Hall–Kier alpha value is -3.07. The largest absolute Gasteiger partial charge is 0.467 e. The summed E-state index contributed by atoms with van der Waals surface area (Å²) < 4.78 is 5.45. The maximum Gasteiger partial charge on any atom is 0.269 e. The number of hydrogen-bond acceptors (Lipinski definition) is 7. The topological polar surface area (TPSA) is 107 Å². The summed E-state index contributed by atoms with van der Waals surface area (Å²) in [4.78, 5) is 31.2. The number of fused-ring (bicyclic) bond motifs is 1. The summed E-state index contributed by atoms with van der Waals surface area (Å²) in [5, 5.41) is 16.0. The van der Waals surface area contributed by atoms with Crippen molar-refractivity contribution in [3.63, 3.8) is 0 Å². The molecule has 1 amide bonds. The van der Waals surface area contributed by atoms with Crippen molar-refractivity contribution in [2.75, 3.05) is 11.9 Å². The Morgan fingerprint density at radius 1 is 1.38 bits per heavy atom. The number of aromatic nitrogens is 2. The average molecular weight is 344 g/mol. The minimum atomic E-state index is -0.483. The third kappa shape index (κ3) is 3.30. The Bertz CT molecular complexity index is 925. The Kier molecular flexibility index (Phi) is 4.34. The van der Waals surface area contributed by atoms with E-state index in [9.17, 15) is 14.9 Å². The number of nitro benzene ring substituents is 1. The Balaban J connectivity index is 1.66. The zero-order chi connectivity index (χ0) is 17.1. The van der Waals surface area contributed by atoms with Crippen LogP contribution in [0.25, 0.3) is 10.2 Å². The highest BCUT2D eigenvalue weighted by molar-refractivity contribution is 7.16. The van der Waals surface area contributed by atoms with E-state index < -0.39 is 4.92 Å². The minimum absolute atomic E-state index is 0.0254. The van der Waals surface area contributed by atoms with Crippen molar-refractivity contribution in [2.24, 2.45) is 0 Å². The van der Waals surface area contributed by atoms with Gasteiger partial charge in [0.15, 0.2) is 6.61 Å². The number of aryl methyl sites for hydroxylation is 1. The zero-order valence-corrected chi connectivity index (χ0v) is 13.4. The van der Waals surface area contributed by atoms with Crippen molar-refractivity contribution >= 4 is 38.8 Å². The van der Waals surface area contributed by atoms with Crippen LogP contribution >= 0.6 is 11.3 Å². The van der Waals surface area contributed by atoms with Crippen molar-refractivity contribution < 1.29 is 14.5 Å². The molecule has 9 heteroatoms. The Labute approximate surface area is 140 Å². The second kappa shape index (κ2) is 6.59. The van der Waals surface area contributed by atoms with Crippen molar-refractivity contribution in [1.29, 1.82) is 0 Å². The molecule has 0 aliphatic rings. The van der Waals surface area contributed by atoms with Gasteiger partial charge in [0.2, 0.25) is 5.88 Å². The van der Waals surface area contributed by atoms with E-state index in [0.29, 0.717) is 17.1 Å². The second-order valence-corrected chi connectivity index (χ2v) is 5.81. The lowest BCUT2D eigenvalue weighted by atomic mass is 10.2. The molecule has 122 valence electrons. The molecule has 0 atom stereocenters. The van der Waals surface area contributed by atoms with Gasteiger partial charge in [-0.05, 0) is 30.0 Å².